The molecule has 0 radical (unpaired) electrons. The van der Waals surface area contributed by atoms with Gasteiger partial charge < -0.3 is 14.5 Å². The van der Waals surface area contributed by atoms with Gasteiger partial charge in [0.15, 0.2) is 0 Å². The molecule has 0 aromatic heterocycles. The Balaban J connectivity index is -0.000000117. The van der Waals surface area contributed by atoms with Gasteiger partial charge in [0.2, 0.25) is 0 Å². The fourth-order valence-electron chi connectivity index (χ4n) is 0.204. The summed E-state index contributed by atoms with van der Waals surface area (Å²) in [6, 6.07) is 0. The molecule has 0 aliphatic heterocycles. The lowest BCUT2D eigenvalue weighted by molar-refractivity contribution is 0.162. The molecule has 13 heavy (non-hydrogen) atoms. The SMILES string of the molecule is CCOCC.CN(C)C.CN(C)C. The van der Waals surface area contributed by atoms with Crippen LogP contribution in [0.15, 0.2) is 0 Å². The maximum absolute atomic E-state index is 4.83. The van der Waals surface area contributed by atoms with E-state index in [2.05, 4.69) is 0 Å². The first-order valence-electron chi connectivity index (χ1n) is 4.67. The number of hydrogen-bond donors (Lipinski definition) is 0. The second kappa shape index (κ2) is 17.8. The van der Waals surface area contributed by atoms with E-state index < -0.39 is 0 Å². The Morgan fingerprint density at radius 3 is 0.846 bits per heavy atom. The average molecular weight is 192 g/mol. The van der Waals surface area contributed by atoms with Crippen molar-refractivity contribution in [2.75, 3.05) is 55.5 Å². The van der Waals surface area contributed by atoms with Crippen molar-refractivity contribution in [3.8, 4) is 0 Å². The van der Waals surface area contributed by atoms with Gasteiger partial charge >= 0.3 is 0 Å². The molecule has 0 fully saturated rings. The minimum Gasteiger partial charge on any atom is -0.382 e. The Kier molecular flexibility index (Phi) is 25.5. The van der Waals surface area contributed by atoms with Crippen LogP contribution in [0.1, 0.15) is 13.8 Å². The molecule has 0 N–H and O–H groups in total. The normalized spacial score (nSPS) is 8.77. The molecule has 0 aromatic rings. The lowest BCUT2D eigenvalue weighted by Crippen LogP contribution is -1.99. The van der Waals surface area contributed by atoms with Crippen molar-refractivity contribution in [3.05, 3.63) is 0 Å². The highest BCUT2D eigenvalue weighted by molar-refractivity contribution is 4.09. The van der Waals surface area contributed by atoms with Crippen LogP contribution in [0.25, 0.3) is 0 Å². The molecule has 0 rings (SSSR count). The van der Waals surface area contributed by atoms with Gasteiger partial charge in [-0.3, -0.25) is 0 Å². The van der Waals surface area contributed by atoms with Crippen molar-refractivity contribution >= 4 is 0 Å². The molecule has 0 saturated carbocycles. The van der Waals surface area contributed by atoms with E-state index in [1.54, 1.807) is 0 Å². The zero-order valence-corrected chi connectivity index (χ0v) is 10.7. The highest BCUT2D eigenvalue weighted by atomic mass is 16.5. The summed E-state index contributed by atoms with van der Waals surface area (Å²) in [5, 5.41) is 0. The Hall–Kier alpha value is -0.120. The number of nitrogens with zero attached hydrogens (tertiary/aromatic N) is 2. The van der Waals surface area contributed by atoms with Gasteiger partial charge in [-0.05, 0) is 56.1 Å². The largest absolute Gasteiger partial charge is 0.382 e. The summed E-state index contributed by atoms with van der Waals surface area (Å²) in [6.45, 7) is 5.67. The third-order valence-corrected chi connectivity index (χ3v) is 0.408. The summed E-state index contributed by atoms with van der Waals surface area (Å²) in [5.74, 6) is 0. The molecule has 0 bridgehead atoms. The molecule has 0 atom stereocenters. The lowest BCUT2D eigenvalue weighted by Gasteiger charge is -1.90. The predicted octanol–water partition coefficient (Wildman–Crippen LogP) is 1.40. The summed E-state index contributed by atoms with van der Waals surface area (Å²) in [6.07, 6.45) is 0. The van der Waals surface area contributed by atoms with Gasteiger partial charge in [0.1, 0.15) is 0 Å². The highest BCUT2D eigenvalue weighted by Gasteiger charge is 1.64. The molecule has 0 unspecified atom stereocenters. The van der Waals surface area contributed by atoms with Crippen LogP contribution in [0.5, 0.6) is 0 Å². The molecule has 84 valence electrons. The van der Waals surface area contributed by atoms with Gasteiger partial charge in [0.25, 0.3) is 0 Å². The van der Waals surface area contributed by atoms with Crippen LogP contribution in [0.2, 0.25) is 0 Å². The quantitative estimate of drug-likeness (QED) is 0.658. The third kappa shape index (κ3) is 328. The van der Waals surface area contributed by atoms with Crippen LogP contribution in [-0.4, -0.2) is 65.3 Å². The Morgan fingerprint density at radius 2 is 0.846 bits per heavy atom. The zero-order chi connectivity index (χ0) is 11.3. The summed E-state index contributed by atoms with van der Waals surface area (Å²) in [5.41, 5.74) is 0. The van der Waals surface area contributed by atoms with Crippen LogP contribution in [0, 0.1) is 0 Å². The minimum atomic E-state index is 0.844. The summed E-state index contributed by atoms with van der Waals surface area (Å²) >= 11 is 0. The lowest BCUT2D eigenvalue weighted by atomic mass is 10.8. The zero-order valence-electron chi connectivity index (χ0n) is 10.7. The van der Waals surface area contributed by atoms with E-state index in [1.807, 2.05) is 65.9 Å². The minimum absolute atomic E-state index is 0.844. The molecule has 0 aliphatic rings. The van der Waals surface area contributed by atoms with Gasteiger partial charge in [0.05, 0.1) is 0 Å². The smallest absolute Gasteiger partial charge is 0.0437 e. The fourth-order valence-corrected chi connectivity index (χ4v) is 0.204. The number of rotatable bonds is 2. The van der Waals surface area contributed by atoms with Gasteiger partial charge in [-0.1, -0.05) is 0 Å². The van der Waals surface area contributed by atoms with Crippen molar-refractivity contribution < 1.29 is 4.74 Å². The summed E-state index contributed by atoms with van der Waals surface area (Å²) < 4.78 is 4.83. The topological polar surface area (TPSA) is 15.7 Å². The summed E-state index contributed by atoms with van der Waals surface area (Å²) in [4.78, 5) is 4.00. The van der Waals surface area contributed by atoms with Crippen LogP contribution in [0.3, 0.4) is 0 Å². The van der Waals surface area contributed by atoms with Gasteiger partial charge in [-0.25, -0.2) is 0 Å². The van der Waals surface area contributed by atoms with Crippen LogP contribution < -0.4 is 0 Å². The van der Waals surface area contributed by atoms with Crippen molar-refractivity contribution in [2.24, 2.45) is 0 Å². The van der Waals surface area contributed by atoms with E-state index in [0.29, 0.717) is 0 Å². The third-order valence-electron chi connectivity index (χ3n) is 0.408. The Bertz CT molecular complexity index is 52.4. The Morgan fingerprint density at radius 1 is 0.692 bits per heavy atom. The van der Waals surface area contributed by atoms with E-state index in [4.69, 9.17) is 4.74 Å². The molecule has 0 amide bonds. The Labute approximate surface area is 84.7 Å². The van der Waals surface area contributed by atoms with E-state index in [0.717, 1.165) is 13.2 Å². The van der Waals surface area contributed by atoms with Crippen molar-refractivity contribution in [1.82, 2.24) is 9.80 Å². The summed E-state index contributed by atoms with van der Waals surface area (Å²) in [7, 11) is 12.0. The molecule has 0 saturated heterocycles. The fraction of sp³-hybridized carbons (Fsp3) is 1.00. The second-order valence-electron chi connectivity index (χ2n) is 3.46. The first-order chi connectivity index (χ1) is 5.88. The standard InChI is InChI=1S/C4H10O.2C3H9N/c1-3-5-4-2;2*1-4(2)3/h3-4H2,1-2H3;2*1-3H3. The molecule has 0 aromatic carbocycles. The van der Waals surface area contributed by atoms with Gasteiger partial charge in [-0.15, -0.1) is 0 Å². The predicted molar refractivity (Wildman–Crippen MR) is 61.4 cm³/mol. The van der Waals surface area contributed by atoms with E-state index in [1.165, 1.54) is 0 Å². The molecular formula is C10H28N2O. The maximum atomic E-state index is 4.83. The monoisotopic (exact) mass is 192 g/mol. The number of ether oxygens (including phenoxy) is 1. The first-order valence-corrected chi connectivity index (χ1v) is 4.67. The molecular weight excluding hydrogens is 164 g/mol. The molecule has 0 heterocycles. The van der Waals surface area contributed by atoms with E-state index in [9.17, 15) is 0 Å². The van der Waals surface area contributed by atoms with Gasteiger partial charge in [-0.2, -0.15) is 0 Å². The van der Waals surface area contributed by atoms with E-state index in [-0.39, 0.29) is 0 Å². The van der Waals surface area contributed by atoms with Gasteiger partial charge in [0, 0.05) is 13.2 Å². The molecule has 3 nitrogen and oxygen atoms in total. The average Bonchev–Trinajstić information content (AvgIpc) is 1.86. The van der Waals surface area contributed by atoms with Crippen molar-refractivity contribution in [1.29, 1.82) is 0 Å². The van der Waals surface area contributed by atoms with Crippen molar-refractivity contribution in [2.45, 2.75) is 13.8 Å². The van der Waals surface area contributed by atoms with Crippen LogP contribution in [-0.2, 0) is 4.74 Å². The molecule has 0 spiro atoms. The van der Waals surface area contributed by atoms with Crippen LogP contribution >= 0.6 is 0 Å². The van der Waals surface area contributed by atoms with Crippen molar-refractivity contribution in [3.63, 3.8) is 0 Å². The van der Waals surface area contributed by atoms with E-state index >= 15 is 0 Å². The molecule has 0 aliphatic carbocycles. The van der Waals surface area contributed by atoms with Crippen LogP contribution in [0.4, 0.5) is 0 Å². The second-order valence-corrected chi connectivity index (χ2v) is 3.46. The maximum Gasteiger partial charge on any atom is 0.0437 e. The number of hydrogen-bond acceptors (Lipinski definition) is 3. The highest BCUT2D eigenvalue weighted by Crippen LogP contribution is 1.64. The molecule has 3 heteroatoms. The first kappa shape index (κ1) is 18.6.